The molecular formula is C35H34N4O6. The van der Waals surface area contributed by atoms with Crippen molar-refractivity contribution in [2.75, 3.05) is 5.32 Å². The molecule has 0 atom stereocenters. The Morgan fingerprint density at radius 3 is 2.36 bits per heavy atom. The molecule has 3 N–H and O–H groups in total. The Morgan fingerprint density at radius 1 is 0.889 bits per heavy atom. The minimum atomic E-state index is -1.14. The van der Waals surface area contributed by atoms with Crippen LogP contribution in [0.15, 0.2) is 82.0 Å². The van der Waals surface area contributed by atoms with Crippen LogP contribution in [0.2, 0.25) is 0 Å². The van der Waals surface area contributed by atoms with E-state index in [0.29, 0.717) is 41.5 Å². The highest BCUT2D eigenvalue weighted by atomic mass is 16.4. The van der Waals surface area contributed by atoms with Crippen molar-refractivity contribution in [2.24, 2.45) is 0 Å². The van der Waals surface area contributed by atoms with Gasteiger partial charge >= 0.3 is 5.97 Å². The topological polar surface area (TPSA) is 140 Å². The van der Waals surface area contributed by atoms with E-state index in [4.69, 9.17) is 18.9 Å². The fourth-order valence-corrected chi connectivity index (χ4v) is 6.80. The quantitative estimate of drug-likeness (QED) is 0.167. The first-order valence-electron chi connectivity index (χ1n) is 15.5. The molecule has 0 bridgehead atoms. The number of carboxylic acids is 1. The molecule has 3 aromatic heterocycles. The molecule has 2 fully saturated rings. The molecule has 0 radical (unpaired) electrons. The van der Waals surface area contributed by atoms with Gasteiger partial charge in [-0.05, 0) is 86.3 Å². The molecule has 230 valence electrons. The number of hydrogen-bond donors (Lipinski definition) is 3. The Kier molecular flexibility index (Phi) is 7.48. The lowest BCUT2D eigenvalue weighted by atomic mass is 9.94. The predicted octanol–water partition coefficient (Wildman–Crippen LogP) is 7.44. The van der Waals surface area contributed by atoms with Crippen molar-refractivity contribution in [1.29, 1.82) is 0 Å². The summed E-state index contributed by atoms with van der Waals surface area (Å²) >= 11 is 0. The fourth-order valence-electron chi connectivity index (χ4n) is 6.80. The van der Waals surface area contributed by atoms with Crippen molar-refractivity contribution in [3.63, 3.8) is 0 Å². The molecule has 45 heavy (non-hydrogen) atoms. The number of fused-ring (bicyclic) bond motifs is 1. The molecule has 5 aromatic rings. The van der Waals surface area contributed by atoms with Gasteiger partial charge in [-0.3, -0.25) is 9.59 Å². The number of imidazole rings is 1. The SMILES string of the molecule is O=C(NC1(C(=O)Nc2ccc(-c3ccc(C(=O)O)o3)cc2)CCCC1)c1ccc2c(c1)nc(-c1ccoc1)n2C1CCCCC1. The molecule has 2 aromatic carbocycles. The molecule has 2 aliphatic carbocycles. The maximum atomic E-state index is 13.7. The van der Waals surface area contributed by atoms with E-state index < -0.39 is 11.5 Å². The van der Waals surface area contributed by atoms with Crippen LogP contribution in [0.25, 0.3) is 33.7 Å². The Hall–Kier alpha value is -5.12. The summed E-state index contributed by atoms with van der Waals surface area (Å²) in [6, 6.07) is 17.8. The molecule has 0 saturated heterocycles. The van der Waals surface area contributed by atoms with Gasteiger partial charge in [0.1, 0.15) is 23.4 Å². The highest BCUT2D eigenvalue weighted by Crippen LogP contribution is 2.37. The van der Waals surface area contributed by atoms with Crippen LogP contribution in [0.4, 0.5) is 5.69 Å². The zero-order valence-corrected chi connectivity index (χ0v) is 24.8. The van der Waals surface area contributed by atoms with Crippen LogP contribution < -0.4 is 10.6 Å². The normalized spacial score (nSPS) is 16.5. The number of rotatable bonds is 8. The van der Waals surface area contributed by atoms with Gasteiger partial charge < -0.3 is 29.1 Å². The monoisotopic (exact) mass is 606 g/mol. The van der Waals surface area contributed by atoms with Crippen LogP contribution in [-0.4, -0.2) is 38.0 Å². The minimum Gasteiger partial charge on any atom is -0.475 e. The van der Waals surface area contributed by atoms with E-state index in [0.717, 1.165) is 48.1 Å². The second kappa shape index (κ2) is 11.8. The average Bonchev–Trinajstić information content (AvgIpc) is 3.88. The van der Waals surface area contributed by atoms with Gasteiger partial charge in [0.15, 0.2) is 0 Å². The summed E-state index contributed by atoms with van der Waals surface area (Å²) in [6.45, 7) is 0. The number of benzene rings is 2. The number of aromatic carboxylic acids is 1. The summed E-state index contributed by atoms with van der Waals surface area (Å²) in [5.74, 6) is -0.596. The second-order valence-corrected chi connectivity index (χ2v) is 12.1. The van der Waals surface area contributed by atoms with E-state index in [9.17, 15) is 14.4 Å². The largest absolute Gasteiger partial charge is 0.475 e. The smallest absolute Gasteiger partial charge is 0.371 e. The van der Waals surface area contributed by atoms with Crippen molar-refractivity contribution >= 4 is 34.5 Å². The lowest BCUT2D eigenvalue weighted by molar-refractivity contribution is -0.122. The van der Waals surface area contributed by atoms with E-state index in [1.807, 2.05) is 24.3 Å². The lowest BCUT2D eigenvalue weighted by Crippen LogP contribution is -2.55. The second-order valence-electron chi connectivity index (χ2n) is 12.1. The Labute approximate surface area is 259 Å². The van der Waals surface area contributed by atoms with Crippen molar-refractivity contribution < 1.29 is 28.3 Å². The van der Waals surface area contributed by atoms with Crippen molar-refractivity contribution in [1.82, 2.24) is 14.9 Å². The van der Waals surface area contributed by atoms with Gasteiger partial charge in [0, 0.05) is 22.9 Å². The summed E-state index contributed by atoms with van der Waals surface area (Å²) in [7, 11) is 0. The molecule has 10 nitrogen and oxygen atoms in total. The Balaban J connectivity index is 1.11. The van der Waals surface area contributed by atoms with Crippen LogP contribution in [0.3, 0.4) is 0 Å². The molecule has 3 heterocycles. The molecule has 0 spiro atoms. The van der Waals surface area contributed by atoms with Gasteiger partial charge in [-0.25, -0.2) is 9.78 Å². The van der Waals surface area contributed by atoms with Gasteiger partial charge in [0.05, 0.1) is 22.9 Å². The van der Waals surface area contributed by atoms with E-state index >= 15 is 0 Å². The molecule has 10 heteroatoms. The first kappa shape index (κ1) is 28.6. The molecular weight excluding hydrogens is 572 g/mol. The van der Waals surface area contributed by atoms with Crippen molar-refractivity contribution in [2.45, 2.75) is 69.4 Å². The van der Waals surface area contributed by atoms with Crippen LogP contribution in [-0.2, 0) is 4.79 Å². The molecule has 0 aliphatic heterocycles. The van der Waals surface area contributed by atoms with Crippen LogP contribution >= 0.6 is 0 Å². The van der Waals surface area contributed by atoms with Gasteiger partial charge in [0.25, 0.3) is 5.91 Å². The summed E-state index contributed by atoms with van der Waals surface area (Å²) in [6.07, 6.45) is 11.9. The third-order valence-corrected chi connectivity index (χ3v) is 9.16. The lowest BCUT2D eigenvalue weighted by Gasteiger charge is -2.29. The highest BCUT2D eigenvalue weighted by Gasteiger charge is 2.42. The number of furan rings is 2. The molecule has 0 unspecified atom stereocenters. The van der Waals surface area contributed by atoms with E-state index in [2.05, 4.69) is 15.2 Å². The first-order valence-corrected chi connectivity index (χ1v) is 15.5. The van der Waals surface area contributed by atoms with Crippen LogP contribution in [0.5, 0.6) is 0 Å². The highest BCUT2D eigenvalue weighted by molar-refractivity contribution is 6.05. The number of carboxylic acid groups (broad SMARTS) is 1. The predicted molar refractivity (Wildman–Crippen MR) is 168 cm³/mol. The van der Waals surface area contributed by atoms with E-state index in [1.54, 1.807) is 42.9 Å². The molecule has 7 rings (SSSR count). The number of hydrogen-bond acceptors (Lipinski definition) is 6. The third kappa shape index (κ3) is 5.52. The summed E-state index contributed by atoms with van der Waals surface area (Å²) in [4.78, 5) is 43.5. The zero-order valence-electron chi connectivity index (χ0n) is 24.8. The third-order valence-electron chi connectivity index (χ3n) is 9.16. The standard InChI is InChI=1S/C35H34N4O6/c40-32(23-10-13-28-27(20-23)37-31(24-16-19-44-21-24)39(28)26-6-2-1-3-7-26)38-35(17-4-5-18-35)34(43)36-25-11-8-22(9-12-25)29-14-15-30(45-29)33(41)42/h8-16,19-21,26H,1-7,17-18H2,(H,36,43)(H,38,40)(H,41,42). The zero-order chi connectivity index (χ0) is 31.0. The van der Waals surface area contributed by atoms with E-state index in [-0.39, 0.29) is 17.6 Å². The van der Waals surface area contributed by atoms with Crippen LogP contribution in [0.1, 0.15) is 84.7 Å². The van der Waals surface area contributed by atoms with Gasteiger partial charge in [0.2, 0.25) is 11.7 Å². The Morgan fingerprint density at radius 2 is 1.67 bits per heavy atom. The summed E-state index contributed by atoms with van der Waals surface area (Å²) in [5.41, 5.74) is 3.30. The maximum Gasteiger partial charge on any atom is 0.371 e. The van der Waals surface area contributed by atoms with Gasteiger partial charge in [-0.1, -0.05) is 32.1 Å². The number of nitrogens with one attached hydrogen (secondary N) is 2. The maximum absolute atomic E-state index is 13.7. The van der Waals surface area contributed by atoms with Crippen molar-refractivity contribution in [3.05, 3.63) is 84.5 Å². The van der Waals surface area contributed by atoms with Crippen LogP contribution in [0, 0.1) is 0 Å². The number of carbonyl (C=O) groups excluding carboxylic acids is 2. The molecule has 2 amide bonds. The molecule has 2 saturated carbocycles. The van der Waals surface area contributed by atoms with Gasteiger partial charge in [-0.15, -0.1) is 0 Å². The molecule has 2 aliphatic rings. The number of aromatic nitrogens is 2. The summed E-state index contributed by atoms with van der Waals surface area (Å²) in [5, 5.41) is 15.2. The Bertz CT molecular complexity index is 1860. The first-order chi connectivity index (χ1) is 21.9. The van der Waals surface area contributed by atoms with Crippen molar-refractivity contribution in [3.8, 4) is 22.7 Å². The van der Waals surface area contributed by atoms with E-state index in [1.165, 1.54) is 25.3 Å². The number of carbonyl (C=O) groups is 3. The minimum absolute atomic E-state index is 0.142. The number of anilines is 1. The average molecular weight is 607 g/mol. The van der Waals surface area contributed by atoms with Gasteiger partial charge in [-0.2, -0.15) is 0 Å². The fraction of sp³-hybridized carbons (Fsp3) is 0.314. The summed E-state index contributed by atoms with van der Waals surface area (Å²) < 4.78 is 13.1. The number of amides is 2. The number of nitrogens with zero attached hydrogens (tertiary/aromatic N) is 2.